The molecule has 0 saturated carbocycles. The number of Topliss-reactive ketones (excluding diaryl/α,β-unsaturated/α-hetero) is 1. The third-order valence-corrected chi connectivity index (χ3v) is 31.3. The highest BCUT2D eigenvalue weighted by Gasteiger charge is 2.59. The van der Waals surface area contributed by atoms with Crippen molar-refractivity contribution in [3.63, 3.8) is 0 Å². The lowest BCUT2D eigenvalue weighted by molar-refractivity contribution is -0.153. The van der Waals surface area contributed by atoms with Gasteiger partial charge in [-0.1, -0.05) is 96.4 Å². The summed E-state index contributed by atoms with van der Waals surface area (Å²) in [6.07, 6.45) is 4.79. The van der Waals surface area contributed by atoms with Crippen molar-refractivity contribution in [2.45, 2.75) is 225 Å². The first-order valence-corrected chi connectivity index (χ1v) is 34.3. The molecule has 11 nitrogen and oxygen atoms in total. The lowest BCUT2D eigenvalue weighted by Gasteiger charge is -2.44. The number of ether oxygens (including phenoxy) is 1. The highest BCUT2D eigenvalue weighted by atomic mass is 32.2. The third kappa shape index (κ3) is 13.2. The number of sulfone groups is 1. The van der Waals surface area contributed by atoms with Gasteiger partial charge in [0.05, 0.1) is 24.3 Å². The van der Waals surface area contributed by atoms with Gasteiger partial charge in [0.2, 0.25) is 0 Å². The molecule has 0 bridgehead atoms. The number of cyclic esters (lactones) is 1. The van der Waals surface area contributed by atoms with Crippen LogP contribution in [0.1, 0.15) is 142 Å². The molecule has 1 unspecified atom stereocenters. The minimum atomic E-state index is -3.51. The summed E-state index contributed by atoms with van der Waals surface area (Å²) in [6.45, 7) is 38.6. The van der Waals surface area contributed by atoms with Gasteiger partial charge in [-0.05, 0) is 98.7 Å². The van der Waals surface area contributed by atoms with Gasteiger partial charge in [0.1, 0.15) is 11.9 Å². The lowest BCUT2D eigenvalue weighted by atomic mass is 9.73. The second-order valence-electron chi connectivity index (χ2n) is 21.7. The Hall–Kier alpha value is -1.47. The topological polar surface area (TPSA) is 126 Å². The standard InChI is InChI=1S/C48H91N3O8SSi3/c1-20-62(21-2,22-3)58-41-34-43(52)57-39(36(8)31-38-32-42(50(16)49-38)60(17,54)55)33-40-48(15,51(40)29-30-56-61(18,19)46(10,11)12)28-26-27-35(7)44(37(9)45(53)47(41,13)14)59-63(23-4,24-5)25-6/h31-32,35,37,39-41,44H,20-30,33-34H2,1-19H3/b36-31+/t35-,37+,39-,40-,41-,44-,48+,51?/m0/s1. The van der Waals surface area contributed by atoms with Crippen LogP contribution >= 0.6 is 0 Å². The van der Waals surface area contributed by atoms with Gasteiger partial charge in [-0.3, -0.25) is 19.2 Å². The Bertz CT molecular complexity index is 1820. The summed E-state index contributed by atoms with van der Waals surface area (Å²) in [6, 6.07) is 7.32. The first kappa shape index (κ1) is 55.9. The summed E-state index contributed by atoms with van der Waals surface area (Å²) in [4.78, 5) is 32.5. The van der Waals surface area contributed by atoms with Gasteiger partial charge in [-0.25, -0.2) is 8.42 Å². The molecular weight excluding hydrogens is 863 g/mol. The average Bonchev–Trinajstić information content (AvgIpc) is 3.52. The van der Waals surface area contributed by atoms with Gasteiger partial charge in [-0.2, -0.15) is 5.10 Å². The maximum Gasteiger partial charge on any atom is 0.309 e. The number of carbonyl (C=O) groups excluding carboxylic acids is 2. The summed E-state index contributed by atoms with van der Waals surface area (Å²) in [7, 11) is -8.32. The highest BCUT2D eigenvalue weighted by molar-refractivity contribution is 7.90. The molecule has 3 heterocycles. The van der Waals surface area contributed by atoms with Crippen molar-refractivity contribution in [3.05, 3.63) is 17.3 Å². The van der Waals surface area contributed by atoms with E-state index in [0.717, 1.165) is 67.6 Å². The minimum Gasteiger partial charge on any atom is -0.458 e. The SMILES string of the molecule is CC[Si](CC)(CC)O[C@H]1[C@@H](C)CCC[C@]2(C)[C@H](C[C@@H](/C(C)=C/c3cc(S(C)(=O)=O)n(C)n3)OC(=O)C[C@H](O[Si](CC)(CC)CC)C(C)(C)C(=O)[C@@H]1C)N2CCO[Si](C)(C)C(C)(C)C. The summed E-state index contributed by atoms with van der Waals surface area (Å²) in [5.74, 6) is -0.585. The van der Waals surface area contributed by atoms with E-state index >= 15 is 4.79 Å². The number of esters is 1. The fraction of sp³-hybridized carbons (Fsp3) is 0.854. The number of aromatic nitrogens is 2. The zero-order valence-electron chi connectivity index (χ0n) is 43.3. The maximum atomic E-state index is 15.2. The van der Waals surface area contributed by atoms with Crippen LogP contribution in [0.25, 0.3) is 6.08 Å². The zero-order chi connectivity index (χ0) is 48.1. The van der Waals surface area contributed by atoms with Gasteiger partial charge in [-0.15, -0.1) is 0 Å². The number of hydrogen-bond donors (Lipinski definition) is 0. The molecule has 2 aliphatic rings. The van der Waals surface area contributed by atoms with Crippen molar-refractivity contribution >= 4 is 52.6 Å². The quantitative estimate of drug-likeness (QED) is 0.0846. The van der Waals surface area contributed by atoms with Crippen LogP contribution in [0.5, 0.6) is 0 Å². The van der Waals surface area contributed by atoms with E-state index in [1.54, 1.807) is 13.1 Å². The Balaban J connectivity index is 2.22. The van der Waals surface area contributed by atoms with Crippen LogP contribution in [-0.2, 0) is 44.5 Å². The molecule has 2 saturated heterocycles. The molecule has 364 valence electrons. The summed E-state index contributed by atoms with van der Waals surface area (Å²) >= 11 is 0. The Kier molecular flexibility index (Phi) is 19.2. The summed E-state index contributed by atoms with van der Waals surface area (Å²) in [5, 5.41) is 4.73. The Morgan fingerprint density at radius 3 is 1.98 bits per heavy atom. The molecule has 3 rings (SSSR count). The normalized spacial score (nSPS) is 28.7. The molecule has 2 fully saturated rings. The Labute approximate surface area is 387 Å². The van der Waals surface area contributed by atoms with Crippen LogP contribution in [0.3, 0.4) is 0 Å². The molecule has 63 heavy (non-hydrogen) atoms. The van der Waals surface area contributed by atoms with Crippen molar-refractivity contribution in [3.8, 4) is 0 Å². The number of nitrogens with zero attached hydrogens (tertiary/aromatic N) is 3. The molecule has 0 radical (unpaired) electrons. The molecular formula is C48H91N3O8SSi3. The van der Waals surface area contributed by atoms with Crippen molar-refractivity contribution in [2.24, 2.45) is 24.3 Å². The number of rotatable bonds is 17. The van der Waals surface area contributed by atoms with Gasteiger partial charge in [0, 0.05) is 61.9 Å². The van der Waals surface area contributed by atoms with E-state index in [2.05, 4.69) is 106 Å². The summed E-state index contributed by atoms with van der Waals surface area (Å²) < 4.78 is 54.5. The predicted molar refractivity (Wildman–Crippen MR) is 266 cm³/mol. The summed E-state index contributed by atoms with van der Waals surface area (Å²) in [5.41, 5.74) is 0.0898. The van der Waals surface area contributed by atoms with Crippen LogP contribution in [-0.4, -0.2) is 109 Å². The zero-order valence-corrected chi connectivity index (χ0v) is 47.1. The molecule has 15 heteroatoms. The van der Waals surface area contributed by atoms with Crippen molar-refractivity contribution < 1.29 is 36.0 Å². The largest absolute Gasteiger partial charge is 0.458 e. The van der Waals surface area contributed by atoms with Gasteiger partial charge < -0.3 is 18.0 Å². The first-order valence-electron chi connectivity index (χ1n) is 24.4. The van der Waals surface area contributed by atoms with E-state index in [9.17, 15) is 13.2 Å². The molecule has 1 aromatic heterocycles. The fourth-order valence-electron chi connectivity index (χ4n) is 9.99. The predicted octanol–water partition coefficient (Wildman–Crippen LogP) is 11.2. The Morgan fingerprint density at radius 1 is 0.952 bits per heavy atom. The second-order valence-corrected chi connectivity index (χ2v) is 37.9. The Morgan fingerprint density at radius 2 is 1.49 bits per heavy atom. The van der Waals surface area contributed by atoms with E-state index in [1.807, 2.05) is 26.8 Å². The van der Waals surface area contributed by atoms with Crippen LogP contribution < -0.4 is 0 Å². The van der Waals surface area contributed by atoms with E-state index in [4.69, 9.17) is 18.0 Å². The van der Waals surface area contributed by atoms with Crippen LogP contribution in [0.2, 0.25) is 54.4 Å². The lowest BCUT2D eigenvalue weighted by Crippen LogP contribution is -2.53. The molecule has 0 aromatic carbocycles. The molecule has 1 aromatic rings. The number of carbonyl (C=O) groups is 2. The van der Waals surface area contributed by atoms with E-state index in [-0.39, 0.29) is 45.9 Å². The smallest absolute Gasteiger partial charge is 0.309 e. The van der Waals surface area contributed by atoms with Crippen molar-refractivity contribution in [1.29, 1.82) is 0 Å². The number of fused-ring (bicyclic) bond motifs is 1. The van der Waals surface area contributed by atoms with Crippen LogP contribution in [0.15, 0.2) is 16.7 Å². The minimum absolute atomic E-state index is 0.0591. The monoisotopic (exact) mass is 954 g/mol. The first-order chi connectivity index (χ1) is 29.0. The van der Waals surface area contributed by atoms with Crippen molar-refractivity contribution in [1.82, 2.24) is 14.7 Å². The fourth-order valence-corrected chi connectivity index (χ4v) is 17.9. The average molecular weight is 955 g/mol. The van der Waals surface area contributed by atoms with Crippen LogP contribution in [0.4, 0.5) is 0 Å². The molecule has 0 N–H and O–H groups in total. The molecule has 0 amide bonds. The maximum absolute atomic E-state index is 15.2. The van der Waals surface area contributed by atoms with Gasteiger partial charge >= 0.3 is 5.97 Å². The highest BCUT2D eigenvalue weighted by Crippen LogP contribution is 2.49. The van der Waals surface area contributed by atoms with E-state index < -0.39 is 64.3 Å². The molecule has 0 spiro atoms. The second kappa shape index (κ2) is 21.7. The van der Waals surface area contributed by atoms with E-state index in [1.165, 1.54) is 10.9 Å². The third-order valence-electron chi connectivity index (χ3n) is 16.4. The van der Waals surface area contributed by atoms with Crippen molar-refractivity contribution in [2.75, 3.05) is 19.4 Å². The molecule has 0 aliphatic carbocycles. The number of aryl methyl sites for hydroxylation is 1. The number of ketones is 1. The van der Waals surface area contributed by atoms with E-state index in [0.29, 0.717) is 18.7 Å². The van der Waals surface area contributed by atoms with Gasteiger partial charge in [0.25, 0.3) is 0 Å². The molecule has 2 aliphatic heterocycles. The number of hydrogen-bond acceptors (Lipinski definition) is 10. The molecule has 8 atom stereocenters. The van der Waals surface area contributed by atoms with Crippen LogP contribution in [0, 0.1) is 17.3 Å². The van der Waals surface area contributed by atoms with Gasteiger partial charge in [0.15, 0.2) is 39.8 Å².